The molecule has 0 saturated carbocycles. The summed E-state index contributed by atoms with van der Waals surface area (Å²) in [5.74, 6) is -0.357. The molecule has 0 amide bonds. The van der Waals surface area contributed by atoms with Crippen molar-refractivity contribution < 1.29 is 9.53 Å². The highest BCUT2D eigenvalue weighted by Crippen LogP contribution is 2.23. The van der Waals surface area contributed by atoms with Gasteiger partial charge < -0.3 is 4.74 Å². The Kier molecular flexibility index (Phi) is 5.81. The smallest absolute Gasteiger partial charge is 0.344 e. The Bertz CT molecular complexity index is 1190. The number of aromatic nitrogens is 3. The second-order valence-electron chi connectivity index (χ2n) is 6.45. The van der Waals surface area contributed by atoms with Gasteiger partial charge >= 0.3 is 5.97 Å². The number of carbonyl (C=O) groups excluding carboxylic acids is 1. The largest absolute Gasteiger partial charge is 0.402 e. The lowest BCUT2D eigenvalue weighted by molar-refractivity contribution is 0.0716. The zero-order valence-corrected chi connectivity index (χ0v) is 17.7. The van der Waals surface area contributed by atoms with Crippen molar-refractivity contribution in [3.8, 4) is 11.3 Å². The Hall–Kier alpha value is -3.58. The number of halogens is 1. The van der Waals surface area contributed by atoms with Crippen LogP contribution in [0.25, 0.3) is 11.3 Å². The lowest BCUT2D eigenvalue weighted by Gasteiger charge is -2.08. The molecule has 30 heavy (non-hydrogen) atoms. The Labute approximate surface area is 182 Å². The third kappa shape index (κ3) is 4.36. The van der Waals surface area contributed by atoms with E-state index in [1.165, 1.54) is 4.79 Å². The predicted octanol–water partition coefficient (Wildman–Crippen LogP) is 5.08. The Balaban J connectivity index is 1.71. The first kappa shape index (κ1) is 19.7. The summed E-state index contributed by atoms with van der Waals surface area (Å²) < 4.78 is 6.61. The van der Waals surface area contributed by atoms with Crippen molar-refractivity contribution in [3.05, 3.63) is 106 Å². The molecule has 0 N–H and O–H groups in total. The zero-order valence-electron chi connectivity index (χ0n) is 16.1. The van der Waals surface area contributed by atoms with E-state index in [-0.39, 0.29) is 5.90 Å². The van der Waals surface area contributed by atoms with Gasteiger partial charge in [-0.05, 0) is 48.5 Å². The summed E-state index contributed by atoms with van der Waals surface area (Å²) in [6.45, 7) is 1.86. The molecule has 0 atom stereocenters. The summed E-state index contributed by atoms with van der Waals surface area (Å²) in [7, 11) is 0. The van der Waals surface area contributed by atoms with Gasteiger partial charge in [0.05, 0.1) is 11.3 Å². The lowest BCUT2D eigenvalue weighted by Crippen LogP contribution is -2.16. The molecule has 0 aliphatic rings. The Morgan fingerprint density at radius 3 is 2.13 bits per heavy atom. The van der Waals surface area contributed by atoms with Crippen molar-refractivity contribution in [3.63, 3.8) is 0 Å². The van der Waals surface area contributed by atoms with E-state index in [0.717, 1.165) is 15.7 Å². The number of rotatable bonds is 4. The standard InChI is InChI=1S/C23H17BrN4O2/c1-16-21(17-12-14-20(24)15-13-17)25-27-28(16)26-22(18-8-4-2-5-9-18)30-23(29)19-10-6-3-7-11-19/h2-15H,1H3/b26-22+. The molecule has 0 unspecified atom stereocenters. The van der Waals surface area contributed by atoms with Crippen molar-refractivity contribution in [2.75, 3.05) is 0 Å². The monoisotopic (exact) mass is 460 g/mol. The van der Waals surface area contributed by atoms with Gasteiger partial charge in [0.15, 0.2) is 0 Å². The number of benzene rings is 3. The molecule has 1 aromatic heterocycles. The van der Waals surface area contributed by atoms with Crippen LogP contribution in [0, 0.1) is 6.92 Å². The fourth-order valence-corrected chi connectivity index (χ4v) is 3.08. The molecular weight excluding hydrogens is 444 g/mol. The second kappa shape index (κ2) is 8.84. The van der Waals surface area contributed by atoms with Crippen molar-refractivity contribution in [2.24, 2.45) is 5.10 Å². The second-order valence-corrected chi connectivity index (χ2v) is 7.36. The van der Waals surface area contributed by atoms with Gasteiger partial charge in [-0.25, -0.2) is 4.79 Å². The molecule has 3 aromatic carbocycles. The van der Waals surface area contributed by atoms with Crippen molar-refractivity contribution in [2.45, 2.75) is 6.92 Å². The van der Waals surface area contributed by atoms with Crippen LogP contribution >= 0.6 is 15.9 Å². The minimum atomic E-state index is -0.496. The maximum Gasteiger partial charge on any atom is 0.344 e. The zero-order chi connectivity index (χ0) is 20.9. The van der Waals surface area contributed by atoms with Gasteiger partial charge in [0, 0.05) is 15.6 Å². The highest BCUT2D eigenvalue weighted by molar-refractivity contribution is 9.10. The van der Waals surface area contributed by atoms with E-state index in [1.807, 2.05) is 67.6 Å². The van der Waals surface area contributed by atoms with Crippen LogP contribution in [-0.2, 0) is 4.74 Å². The highest BCUT2D eigenvalue weighted by Gasteiger charge is 2.16. The Morgan fingerprint density at radius 2 is 1.50 bits per heavy atom. The first-order valence-corrected chi connectivity index (χ1v) is 10.0. The maximum atomic E-state index is 12.6. The molecule has 0 spiro atoms. The van der Waals surface area contributed by atoms with Crippen LogP contribution in [0.1, 0.15) is 21.6 Å². The molecule has 4 aromatic rings. The van der Waals surface area contributed by atoms with Gasteiger partial charge in [0.2, 0.25) is 5.90 Å². The molecule has 0 fully saturated rings. The number of carbonyl (C=O) groups is 1. The van der Waals surface area contributed by atoms with Gasteiger partial charge in [-0.2, -0.15) is 0 Å². The van der Waals surface area contributed by atoms with Crippen LogP contribution in [-0.4, -0.2) is 27.0 Å². The molecule has 0 radical (unpaired) electrons. The van der Waals surface area contributed by atoms with Crippen LogP contribution in [0.3, 0.4) is 0 Å². The summed E-state index contributed by atoms with van der Waals surface area (Å²) in [5, 5.41) is 12.9. The fourth-order valence-electron chi connectivity index (χ4n) is 2.82. The molecule has 6 nitrogen and oxygen atoms in total. The lowest BCUT2D eigenvalue weighted by atomic mass is 10.1. The first-order chi connectivity index (χ1) is 14.6. The number of esters is 1. The Morgan fingerprint density at radius 1 is 0.900 bits per heavy atom. The van der Waals surface area contributed by atoms with Gasteiger partial charge in [-0.1, -0.05) is 64.5 Å². The quantitative estimate of drug-likeness (QED) is 0.241. The fraction of sp³-hybridized carbons (Fsp3) is 0.0435. The van der Waals surface area contributed by atoms with Crippen molar-refractivity contribution in [1.29, 1.82) is 0 Å². The third-order valence-electron chi connectivity index (χ3n) is 4.39. The van der Waals surface area contributed by atoms with E-state index >= 15 is 0 Å². The molecule has 148 valence electrons. The van der Waals surface area contributed by atoms with Crippen LogP contribution in [0.5, 0.6) is 0 Å². The molecule has 0 saturated heterocycles. The van der Waals surface area contributed by atoms with Gasteiger partial charge in [-0.3, -0.25) is 0 Å². The van der Waals surface area contributed by atoms with Gasteiger partial charge in [0.1, 0.15) is 5.69 Å². The molecular formula is C23H17BrN4O2. The summed E-state index contributed by atoms with van der Waals surface area (Å²) in [4.78, 5) is 14.0. The summed E-state index contributed by atoms with van der Waals surface area (Å²) in [5.41, 5.74) is 3.43. The van der Waals surface area contributed by atoms with Gasteiger partial charge in [-0.15, -0.1) is 15.0 Å². The van der Waals surface area contributed by atoms with Crippen LogP contribution in [0.2, 0.25) is 0 Å². The predicted molar refractivity (Wildman–Crippen MR) is 118 cm³/mol. The molecule has 7 heteroatoms. The number of hydrogen-bond donors (Lipinski definition) is 0. The maximum absolute atomic E-state index is 12.6. The normalized spacial score (nSPS) is 11.3. The van der Waals surface area contributed by atoms with E-state index in [1.54, 1.807) is 24.3 Å². The molecule has 4 rings (SSSR count). The topological polar surface area (TPSA) is 69.4 Å². The number of ether oxygens (including phenoxy) is 1. The average molecular weight is 461 g/mol. The van der Waals surface area contributed by atoms with Gasteiger partial charge in [0.25, 0.3) is 0 Å². The molecule has 0 bridgehead atoms. The van der Waals surface area contributed by atoms with Crippen molar-refractivity contribution in [1.82, 2.24) is 15.1 Å². The summed E-state index contributed by atoms with van der Waals surface area (Å²) in [6.07, 6.45) is 0. The SMILES string of the molecule is Cc1c(-c2ccc(Br)cc2)nnn1/N=C(/OC(=O)c1ccccc1)c1ccccc1. The minimum Gasteiger partial charge on any atom is -0.402 e. The molecule has 0 aliphatic heterocycles. The minimum absolute atomic E-state index is 0.139. The number of nitrogens with zero attached hydrogens (tertiary/aromatic N) is 4. The van der Waals surface area contributed by atoms with E-state index < -0.39 is 5.97 Å². The average Bonchev–Trinajstić information content (AvgIpc) is 3.15. The summed E-state index contributed by atoms with van der Waals surface area (Å²) in [6, 6.07) is 25.8. The van der Waals surface area contributed by atoms with E-state index in [9.17, 15) is 4.79 Å². The first-order valence-electron chi connectivity index (χ1n) is 9.21. The van der Waals surface area contributed by atoms with E-state index in [0.29, 0.717) is 16.8 Å². The van der Waals surface area contributed by atoms with Crippen LogP contribution in [0.15, 0.2) is 94.5 Å². The highest BCUT2D eigenvalue weighted by atomic mass is 79.9. The van der Waals surface area contributed by atoms with Crippen LogP contribution in [0.4, 0.5) is 0 Å². The number of hydrogen-bond acceptors (Lipinski definition) is 5. The third-order valence-corrected chi connectivity index (χ3v) is 4.92. The van der Waals surface area contributed by atoms with E-state index in [4.69, 9.17) is 4.74 Å². The summed E-state index contributed by atoms with van der Waals surface area (Å²) >= 11 is 3.43. The van der Waals surface area contributed by atoms with Crippen LogP contribution < -0.4 is 0 Å². The van der Waals surface area contributed by atoms with Crippen molar-refractivity contribution >= 4 is 27.8 Å². The van der Waals surface area contributed by atoms with E-state index in [2.05, 4.69) is 31.3 Å². The molecule has 1 heterocycles. The molecule has 0 aliphatic carbocycles.